The summed E-state index contributed by atoms with van der Waals surface area (Å²) in [6.07, 6.45) is 3.82. The van der Waals surface area contributed by atoms with Crippen molar-refractivity contribution in [3.05, 3.63) is 84.6 Å². The zero-order valence-electron chi connectivity index (χ0n) is 13.1. The Kier molecular flexibility index (Phi) is 4.29. The molecule has 0 unspecified atom stereocenters. The first-order valence-electron chi connectivity index (χ1n) is 7.58. The Labute approximate surface area is 135 Å². The molecule has 3 aromatic rings. The highest BCUT2D eigenvalue weighted by Crippen LogP contribution is 2.26. The van der Waals surface area contributed by atoms with E-state index in [1.807, 2.05) is 54.7 Å². The molecular formula is C20H19NO2. The molecule has 0 fully saturated rings. The van der Waals surface area contributed by atoms with Gasteiger partial charge in [-0.05, 0) is 11.6 Å². The van der Waals surface area contributed by atoms with E-state index in [0.29, 0.717) is 5.56 Å². The van der Waals surface area contributed by atoms with Gasteiger partial charge in [-0.15, -0.1) is 6.58 Å². The minimum absolute atomic E-state index is 0.178. The van der Waals surface area contributed by atoms with Crippen LogP contribution in [0.3, 0.4) is 0 Å². The number of allylic oxidation sites excluding steroid dienone is 1. The number of hydrogen-bond donors (Lipinski definition) is 0. The number of ether oxygens (including phenoxy) is 1. The number of aromatic nitrogens is 1. The number of nitrogens with zero attached hydrogens (tertiary/aromatic N) is 1. The van der Waals surface area contributed by atoms with Crippen molar-refractivity contribution in [2.45, 2.75) is 12.5 Å². The largest absolute Gasteiger partial charge is 0.465 e. The second-order valence-corrected chi connectivity index (χ2v) is 5.46. The Hall–Kier alpha value is -2.81. The number of fused-ring (bicyclic) bond motifs is 1. The predicted octanol–water partition coefficient (Wildman–Crippen LogP) is 4.40. The summed E-state index contributed by atoms with van der Waals surface area (Å²) in [5, 5.41) is 0.912. The van der Waals surface area contributed by atoms with Gasteiger partial charge in [-0.1, -0.05) is 54.6 Å². The fourth-order valence-electron chi connectivity index (χ4n) is 2.90. The smallest absolute Gasteiger partial charge is 0.340 e. The van der Waals surface area contributed by atoms with Crippen LogP contribution in [0.4, 0.5) is 0 Å². The van der Waals surface area contributed by atoms with Crippen LogP contribution < -0.4 is 0 Å². The van der Waals surface area contributed by atoms with Gasteiger partial charge in [0.25, 0.3) is 0 Å². The molecule has 116 valence electrons. The van der Waals surface area contributed by atoms with Gasteiger partial charge < -0.3 is 9.30 Å². The normalized spacial score (nSPS) is 12.0. The van der Waals surface area contributed by atoms with Gasteiger partial charge in [-0.25, -0.2) is 4.79 Å². The predicted molar refractivity (Wildman–Crippen MR) is 92.7 cm³/mol. The van der Waals surface area contributed by atoms with E-state index in [-0.39, 0.29) is 11.9 Å². The lowest BCUT2D eigenvalue weighted by atomic mass is 9.99. The maximum absolute atomic E-state index is 12.0. The molecule has 3 heteroatoms. The van der Waals surface area contributed by atoms with Crippen molar-refractivity contribution in [2.75, 3.05) is 7.11 Å². The van der Waals surface area contributed by atoms with Gasteiger partial charge in [0, 0.05) is 29.6 Å². The minimum atomic E-state index is -0.310. The second kappa shape index (κ2) is 6.53. The Morgan fingerprint density at radius 1 is 1.17 bits per heavy atom. The van der Waals surface area contributed by atoms with E-state index in [1.54, 1.807) is 0 Å². The molecule has 0 saturated heterocycles. The van der Waals surface area contributed by atoms with E-state index in [9.17, 15) is 4.79 Å². The van der Waals surface area contributed by atoms with Crippen molar-refractivity contribution < 1.29 is 9.53 Å². The number of hydrogen-bond acceptors (Lipinski definition) is 2. The summed E-state index contributed by atoms with van der Waals surface area (Å²) >= 11 is 0. The fraction of sp³-hybridized carbons (Fsp3) is 0.150. The summed E-state index contributed by atoms with van der Waals surface area (Å²) in [6, 6.07) is 18.1. The average Bonchev–Trinajstić information content (AvgIpc) is 2.98. The van der Waals surface area contributed by atoms with Crippen LogP contribution >= 0.6 is 0 Å². The Bertz CT molecular complexity index is 833. The SMILES string of the molecule is C=C[C@H](Cn1cc(C(=O)OC)c2ccccc21)c1ccccc1. The highest BCUT2D eigenvalue weighted by atomic mass is 16.5. The molecule has 0 aliphatic rings. The van der Waals surface area contributed by atoms with Gasteiger partial charge >= 0.3 is 5.97 Å². The molecule has 2 aromatic carbocycles. The van der Waals surface area contributed by atoms with Crippen LogP contribution in [0.15, 0.2) is 73.4 Å². The van der Waals surface area contributed by atoms with Gasteiger partial charge in [-0.2, -0.15) is 0 Å². The number of benzene rings is 2. The van der Waals surface area contributed by atoms with Crippen molar-refractivity contribution in [1.82, 2.24) is 4.57 Å². The molecule has 1 aromatic heterocycles. The number of esters is 1. The van der Waals surface area contributed by atoms with E-state index in [1.165, 1.54) is 12.7 Å². The minimum Gasteiger partial charge on any atom is -0.465 e. The highest BCUT2D eigenvalue weighted by molar-refractivity contribution is 6.04. The standard InChI is InChI=1S/C20H19NO2/c1-3-15(16-9-5-4-6-10-16)13-21-14-18(20(22)23-2)17-11-7-8-12-19(17)21/h3-12,14-15H,1,13H2,2H3/t15-/m1/s1. The molecular weight excluding hydrogens is 286 g/mol. The first-order valence-corrected chi connectivity index (χ1v) is 7.58. The molecule has 3 nitrogen and oxygen atoms in total. The zero-order chi connectivity index (χ0) is 16.2. The molecule has 0 spiro atoms. The lowest BCUT2D eigenvalue weighted by molar-refractivity contribution is 0.0602. The molecule has 0 bridgehead atoms. The van der Waals surface area contributed by atoms with E-state index >= 15 is 0 Å². The van der Waals surface area contributed by atoms with Crippen LogP contribution in [0, 0.1) is 0 Å². The highest BCUT2D eigenvalue weighted by Gasteiger charge is 2.17. The van der Waals surface area contributed by atoms with Crippen molar-refractivity contribution in [3.63, 3.8) is 0 Å². The molecule has 0 N–H and O–H groups in total. The maximum Gasteiger partial charge on any atom is 0.340 e. The third-order valence-corrected chi connectivity index (χ3v) is 4.10. The molecule has 1 heterocycles. The maximum atomic E-state index is 12.0. The summed E-state index contributed by atoms with van der Waals surface area (Å²) in [4.78, 5) is 12.0. The second-order valence-electron chi connectivity index (χ2n) is 5.46. The molecule has 0 saturated carbocycles. The summed E-state index contributed by atoms with van der Waals surface area (Å²) in [5.74, 6) is -0.132. The van der Waals surface area contributed by atoms with Crippen LogP contribution in [0.25, 0.3) is 10.9 Å². The molecule has 1 atom stereocenters. The van der Waals surface area contributed by atoms with Crippen molar-refractivity contribution in [1.29, 1.82) is 0 Å². The third-order valence-electron chi connectivity index (χ3n) is 4.10. The average molecular weight is 305 g/mol. The monoisotopic (exact) mass is 305 g/mol. The fourth-order valence-corrected chi connectivity index (χ4v) is 2.90. The lowest BCUT2D eigenvalue weighted by Gasteiger charge is -2.15. The number of carbonyl (C=O) groups excluding carboxylic acids is 1. The summed E-state index contributed by atoms with van der Waals surface area (Å²) in [5.41, 5.74) is 2.83. The quantitative estimate of drug-likeness (QED) is 0.517. The van der Waals surface area contributed by atoms with Crippen LogP contribution in [0.1, 0.15) is 21.8 Å². The molecule has 0 aliphatic heterocycles. The van der Waals surface area contributed by atoms with Crippen LogP contribution in [0.2, 0.25) is 0 Å². The zero-order valence-corrected chi connectivity index (χ0v) is 13.1. The summed E-state index contributed by atoms with van der Waals surface area (Å²) < 4.78 is 7.00. The van der Waals surface area contributed by atoms with Crippen LogP contribution in [0.5, 0.6) is 0 Å². The Morgan fingerprint density at radius 3 is 2.57 bits per heavy atom. The molecule has 0 radical (unpaired) electrons. The number of para-hydroxylation sites is 1. The first-order chi connectivity index (χ1) is 11.2. The van der Waals surface area contributed by atoms with E-state index in [2.05, 4.69) is 23.3 Å². The van der Waals surface area contributed by atoms with Gasteiger partial charge in [0.05, 0.1) is 12.7 Å². The van der Waals surface area contributed by atoms with Crippen molar-refractivity contribution in [2.24, 2.45) is 0 Å². The number of methoxy groups -OCH3 is 1. The van der Waals surface area contributed by atoms with E-state index in [0.717, 1.165) is 17.4 Å². The summed E-state index contributed by atoms with van der Waals surface area (Å²) in [6.45, 7) is 4.69. The molecule has 0 amide bonds. The van der Waals surface area contributed by atoms with E-state index in [4.69, 9.17) is 4.74 Å². The Morgan fingerprint density at radius 2 is 1.87 bits per heavy atom. The third kappa shape index (κ3) is 2.90. The molecule has 0 aliphatic carbocycles. The number of carbonyl (C=O) groups is 1. The first kappa shape index (κ1) is 15.1. The van der Waals surface area contributed by atoms with Gasteiger partial charge in [0.2, 0.25) is 0 Å². The molecule has 3 rings (SSSR count). The van der Waals surface area contributed by atoms with Gasteiger partial charge in [-0.3, -0.25) is 0 Å². The molecule has 23 heavy (non-hydrogen) atoms. The summed E-state index contributed by atoms with van der Waals surface area (Å²) in [7, 11) is 1.41. The lowest BCUT2D eigenvalue weighted by Crippen LogP contribution is -2.06. The van der Waals surface area contributed by atoms with Crippen molar-refractivity contribution in [3.8, 4) is 0 Å². The number of rotatable bonds is 5. The van der Waals surface area contributed by atoms with Crippen LogP contribution in [-0.4, -0.2) is 17.6 Å². The van der Waals surface area contributed by atoms with E-state index < -0.39 is 0 Å². The van der Waals surface area contributed by atoms with Gasteiger partial charge in [0.1, 0.15) is 0 Å². The Balaban J connectivity index is 2.03. The van der Waals surface area contributed by atoms with Gasteiger partial charge in [0.15, 0.2) is 0 Å². The van der Waals surface area contributed by atoms with Crippen LogP contribution in [-0.2, 0) is 11.3 Å². The van der Waals surface area contributed by atoms with Crippen molar-refractivity contribution >= 4 is 16.9 Å². The topological polar surface area (TPSA) is 31.2 Å².